The number of hydrogen-bond donors (Lipinski definition) is 2. The first-order valence-electron chi connectivity index (χ1n) is 8.14. The van der Waals surface area contributed by atoms with Gasteiger partial charge in [0, 0.05) is 23.7 Å². The topological polar surface area (TPSA) is 84.2 Å². The van der Waals surface area contributed by atoms with E-state index < -0.39 is 5.97 Å². The molecule has 0 spiro atoms. The van der Waals surface area contributed by atoms with Crippen molar-refractivity contribution in [3.05, 3.63) is 46.8 Å². The van der Waals surface area contributed by atoms with E-state index >= 15 is 0 Å². The Labute approximate surface area is 140 Å². The van der Waals surface area contributed by atoms with Gasteiger partial charge >= 0.3 is 5.97 Å². The third-order valence-corrected chi connectivity index (χ3v) is 4.32. The molecule has 1 fully saturated rings. The highest BCUT2D eigenvalue weighted by Gasteiger charge is 2.23. The smallest absolute Gasteiger partial charge is 0.303 e. The fraction of sp³-hybridized carbons (Fsp3) is 0.389. The second kappa shape index (κ2) is 6.47. The molecule has 0 aliphatic heterocycles. The first-order valence-corrected chi connectivity index (χ1v) is 8.14. The van der Waals surface area contributed by atoms with Gasteiger partial charge in [0.05, 0.1) is 11.4 Å². The standard InChI is InChI=1S/C18H21N3O3/c1-11-16(9-10-17(22)23)12(2)21(20-11)15-7-3-13(4-8-15)18(24)19-14-5-6-14/h3-4,7-8,14H,5-6,9-10H2,1-2H3,(H,19,24)(H,22,23). The number of hydrogen-bond acceptors (Lipinski definition) is 3. The lowest BCUT2D eigenvalue weighted by molar-refractivity contribution is -0.136. The molecule has 126 valence electrons. The molecular formula is C18H21N3O3. The molecule has 0 bridgehead atoms. The van der Waals surface area contributed by atoms with Crippen LogP contribution in [0.5, 0.6) is 0 Å². The summed E-state index contributed by atoms with van der Waals surface area (Å²) in [5.74, 6) is -0.854. The number of aliphatic carboxylic acids is 1. The Bertz CT molecular complexity index is 774. The third kappa shape index (κ3) is 3.48. The number of aromatic nitrogens is 2. The largest absolute Gasteiger partial charge is 0.481 e. The molecule has 0 atom stereocenters. The van der Waals surface area contributed by atoms with Gasteiger partial charge in [-0.1, -0.05) is 0 Å². The van der Waals surface area contributed by atoms with Crippen LogP contribution >= 0.6 is 0 Å². The molecule has 6 heteroatoms. The normalized spacial score (nSPS) is 13.8. The predicted octanol–water partition coefficient (Wildman–Crippen LogP) is 2.40. The summed E-state index contributed by atoms with van der Waals surface area (Å²) < 4.78 is 1.80. The number of carbonyl (C=O) groups is 2. The number of nitrogens with one attached hydrogen (secondary N) is 1. The van der Waals surface area contributed by atoms with Crippen molar-refractivity contribution in [2.75, 3.05) is 0 Å². The second-order valence-electron chi connectivity index (χ2n) is 6.25. The highest BCUT2D eigenvalue weighted by atomic mass is 16.4. The van der Waals surface area contributed by atoms with Crippen LogP contribution in [-0.4, -0.2) is 32.8 Å². The molecule has 0 saturated heterocycles. The van der Waals surface area contributed by atoms with Crippen molar-refractivity contribution in [3.8, 4) is 5.69 Å². The van der Waals surface area contributed by atoms with Crippen LogP contribution in [0.3, 0.4) is 0 Å². The van der Waals surface area contributed by atoms with Gasteiger partial charge in [0.2, 0.25) is 0 Å². The summed E-state index contributed by atoms with van der Waals surface area (Å²) in [6, 6.07) is 7.65. The molecule has 1 aromatic carbocycles. The Morgan fingerprint density at radius 3 is 2.50 bits per heavy atom. The van der Waals surface area contributed by atoms with Gasteiger partial charge in [-0.3, -0.25) is 9.59 Å². The zero-order chi connectivity index (χ0) is 17.3. The number of aryl methyl sites for hydroxylation is 1. The number of carboxylic acids is 1. The molecule has 1 aliphatic carbocycles. The number of carbonyl (C=O) groups excluding carboxylic acids is 1. The summed E-state index contributed by atoms with van der Waals surface area (Å²) in [6.45, 7) is 3.82. The van der Waals surface area contributed by atoms with Crippen LogP contribution in [0.4, 0.5) is 0 Å². The van der Waals surface area contributed by atoms with Crippen molar-refractivity contribution in [1.29, 1.82) is 0 Å². The summed E-state index contributed by atoms with van der Waals surface area (Å²) in [5, 5.41) is 16.3. The predicted molar refractivity (Wildman–Crippen MR) is 89.5 cm³/mol. The summed E-state index contributed by atoms with van der Waals surface area (Å²) in [5.41, 5.74) is 4.24. The Balaban J connectivity index is 1.79. The van der Waals surface area contributed by atoms with Gasteiger partial charge in [-0.05, 0) is 62.9 Å². The van der Waals surface area contributed by atoms with Crippen LogP contribution in [-0.2, 0) is 11.2 Å². The van der Waals surface area contributed by atoms with Crippen molar-refractivity contribution in [2.24, 2.45) is 0 Å². The van der Waals surface area contributed by atoms with E-state index in [0.717, 1.165) is 35.5 Å². The van der Waals surface area contributed by atoms with E-state index in [1.54, 1.807) is 16.8 Å². The average Bonchev–Trinajstić information content (AvgIpc) is 3.31. The van der Waals surface area contributed by atoms with Crippen molar-refractivity contribution in [1.82, 2.24) is 15.1 Å². The van der Waals surface area contributed by atoms with E-state index in [4.69, 9.17) is 5.11 Å². The number of carboxylic acid groups (broad SMARTS) is 1. The number of benzene rings is 1. The minimum atomic E-state index is -0.812. The maximum Gasteiger partial charge on any atom is 0.303 e. The van der Waals surface area contributed by atoms with E-state index in [-0.39, 0.29) is 12.3 Å². The zero-order valence-electron chi connectivity index (χ0n) is 13.9. The molecule has 2 N–H and O–H groups in total. The Kier molecular flexibility index (Phi) is 4.38. The molecule has 2 aromatic rings. The van der Waals surface area contributed by atoms with Crippen LogP contribution in [0.2, 0.25) is 0 Å². The van der Waals surface area contributed by atoms with Crippen LogP contribution in [0.25, 0.3) is 5.69 Å². The van der Waals surface area contributed by atoms with Crippen molar-refractivity contribution >= 4 is 11.9 Å². The lowest BCUT2D eigenvalue weighted by atomic mass is 10.1. The van der Waals surface area contributed by atoms with Gasteiger partial charge in [0.25, 0.3) is 5.91 Å². The number of nitrogens with zero attached hydrogens (tertiary/aromatic N) is 2. The number of amides is 1. The molecule has 24 heavy (non-hydrogen) atoms. The van der Waals surface area contributed by atoms with Crippen LogP contribution in [0, 0.1) is 13.8 Å². The van der Waals surface area contributed by atoms with Crippen molar-refractivity contribution in [2.45, 2.75) is 45.6 Å². The minimum absolute atomic E-state index is 0.0421. The first kappa shape index (κ1) is 16.2. The Morgan fingerprint density at radius 2 is 1.92 bits per heavy atom. The molecule has 6 nitrogen and oxygen atoms in total. The number of rotatable bonds is 6. The van der Waals surface area contributed by atoms with Crippen molar-refractivity contribution < 1.29 is 14.7 Å². The summed E-state index contributed by atoms with van der Waals surface area (Å²) in [4.78, 5) is 22.8. The van der Waals surface area contributed by atoms with Gasteiger partial charge in [-0.25, -0.2) is 4.68 Å². The zero-order valence-corrected chi connectivity index (χ0v) is 13.9. The molecule has 1 heterocycles. The molecular weight excluding hydrogens is 306 g/mol. The molecule has 1 aliphatic rings. The summed E-state index contributed by atoms with van der Waals surface area (Å²) in [7, 11) is 0. The minimum Gasteiger partial charge on any atom is -0.481 e. The maximum atomic E-state index is 12.0. The van der Waals surface area contributed by atoms with E-state index in [0.29, 0.717) is 18.0 Å². The molecule has 0 unspecified atom stereocenters. The molecule has 0 radical (unpaired) electrons. The van der Waals surface area contributed by atoms with E-state index in [2.05, 4.69) is 10.4 Å². The molecule has 1 saturated carbocycles. The highest BCUT2D eigenvalue weighted by molar-refractivity contribution is 5.94. The Hall–Kier alpha value is -2.63. The van der Waals surface area contributed by atoms with Crippen LogP contribution < -0.4 is 5.32 Å². The summed E-state index contributed by atoms with van der Waals surface area (Å²) in [6.07, 6.45) is 2.69. The van der Waals surface area contributed by atoms with E-state index in [1.807, 2.05) is 26.0 Å². The van der Waals surface area contributed by atoms with Crippen LogP contribution in [0.1, 0.15) is 46.6 Å². The van der Waals surface area contributed by atoms with Crippen molar-refractivity contribution in [3.63, 3.8) is 0 Å². The fourth-order valence-corrected chi connectivity index (χ4v) is 2.77. The molecule has 3 rings (SSSR count). The monoisotopic (exact) mass is 327 g/mol. The lowest BCUT2D eigenvalue weighted by Gasteiger charge is -2.07. The molecule has 1 aromatic heterocycles. The first-order chi connectivity index (χ1) is 11.5. The SMILES string of the molecule is Cc1nn(-c2ccc(C(=O)NC3CC3)cc2)c(C)c1CCC(=O)O. The quantitative estimate of drug-likeness (QED) is 0.853. The van der Waals surface area contributed by atoms with Gasteiger partial charge in [0.1, 0.15) is 0 Å². The maximum absolute atomic E-state index is 12.0. The lowest BCUT2D eigenvalue weighted by Crippen LogP contribution is -2.25. The van der Waals surface area contributed by atoms with E-state index in [1.165, 1.54) is 0 Å². The van der Waals surface area contributed by atoms with Gasteiger partial charge in [0.15, 0.2) is 0 Å². The fourth-order valence-electron chi connectivity index (χ4n) is 2.77. The molecule has 1 amide bonds. The average molecular weight is 327 g/mol. The van der Waals surface area contributed by atoms with Gasteiger partial charge < -0.3 is 10.4 Å². The second-order valence-corrected chi connectivity index (χ2v) is 6.25. The summed E-state index contributed by atoms with van der Waals surface area (Å²) >= 11 is 0. The van der Waals surface area contributed by atoms with E-state index in [9.17, 15) is 9.59 Å². The Morgan fingerprint density at radius 1 is 1.25 bits per heavy atom. The highest BCUT2D eigenvalue weighted by Crippen LogP contribution is 2.21. The van der Waals surface area contributed by atoms with Gasteiger partial charge in [-0.2, -0.15) is 5.10 Å². The third-order valence-electron chi connectivity index (χ3n) is 4.32. The van der Waals surface area contributed by atoms with Gasteiger partial charge in [-0.15, -0.1) is 0 Å². The van der Waals surface area contributed by atoms with Crippen LogP contribution in [0.15, 0.2) is 24.3 Å².